The maximum absolute atomic E-state index is 12.3. The van der Waals surface area contributed by atoms with Crippen molar-refractivity contribution in [1.82, 2.24) is 4.90 Å². The zero-order valence-corrected chi connectivity index (χ0v) is 13.7. The van der Waals surface area contributed by atoms with Crippen molar-refractivity contribution in [2.24, 2.45) is 16.7 Å². The molecule has 110 valence electrons. The summed E-state index contributed by atoms with van der Waals surface area (Å²) in [5.74, 6) is 1.21. The van der Waals surface area contributed by atoms with E-state index < -0.39 is 0 Å². The van der Waals surface area contributed by atoms with E-state index in [1.807, 2.05) is 0 Å². The first-order chi connectivity index (χ1) is 8.54. The Morgan fingerprint density at radius 1 is 1.05 bits per heavy atom. The van der Waals surface area contributed by atoms with Crippen molar-refractivity contribution >= 4 is 5.91 Å². The van der Waals surface area contributed by atoms with Crippen LogP contribution in [0.5, 0.6) is 0 Å². The van der Waals surface area contributed by atoms with Crippen molar-refractivity contribution < 1.29 is 4.79 Å². The van der Waals surface area contributed by atoms with Crippen LogP contribution in [-0.2, 0) is 4.79 Å². The number of carbonyl (C=O) groups is 1. The van der Waals surface area contributed by atoms with Gasteiger partial charge in [-0.05, 0) is 63.2 Å². The molecule has 0 N–H and O–H groups in total. The number of nitrogens with zero attached hydrogens (tertiary/aromatic N) is 1. The normalized spacial score (nSPS) is 33.3. The number of hydrogen-bond donors (Lipinski definition) is 0. The van der Waals surface area contributed by atoms with E-state index >= 15 is 0 Å². The van der Waals surface area contributed by atoms with Gasteiger partial charge in [0.1, 0.15) is 0 Å². The summed E-state index contributed by atoms with van der Waals surface area (Å²) in [7, 11) is 0. The minimum absolute atomic E-state index is 0.0124. The van der Waals surface area contributed by atoms with Gasteiger partial charge in [0.15, 0.2) is 0 Å². The maximum atomic E-state index is 12.3. The van der Waals surface area contributed by atoms with Gasteiger partial charge in [0, 0.05) is 18.5 Å². The Bertz CT molecular complexity index is 350. The Morgan fingerprint density at radius 3 is 1.95 bits per heavy atom. The van der Waals surface area contributed by atoms with E-state index in [4.69, 9.17) is 0 Å². The van der Waals surface area contributed by atoms with Crippen LogP contribution >= 0.6 is 0 Å². The van der Waals surface area contributed by atoms with Gasteiger partial charge in [0.2, 0.25) is 5.91 Å². The molecule has 0 aromatic rings. The van der Waals surface area contributed by atoms with Crippen LogP contribution in [0.4, 0.5) is 0 Å². The first-order valence-corrected chi connectivity index (χ1v) is 7.84. The zero-order valence-electron chi connectivity index (χ0n) is 13.7. The lowest BCUT2D eigenvalue weighted by molar-refractivity contribution is -0.131. The van der Waals surface area contributed by atoms with Crippen molar-refractivity contribution in [1.29, 1.82) is 0 Å². The number of amides is 1. The van der Waals surface area contributed by atoms with Gasteiger partial charge in [0.05, 0.1) is 0 Å². The molecule has 1 saturated carbocycles. The van der Waals surface area contributed by atoms with Gasteiger partial charge in [-0.1, -0.05) is 20.8 Å². The van der Waals surface area contributed by atoms with Gasteiger partial charge >= 0.3 is 0 Å². The van der Waals surface area contributed by atoms with Crippen LogP contribution in [0.2, 0.25) is 0 Å². The molecular formula is C17H31NO. The Morgan fingerprint density at radius 2 is 1.58 bits per heavy atom. The first-order valence-electron chi connectivity index (χ1n) is 7.84. The van der Waals surface area contributed by atoms with Crippen LogP contribution < -0.4 is 0 Å². The highest BCUT2D eigenvalue weighted by molar-refractivity contribution is 5.80. The van der Waals surface area contributed by atoms with Crippen molar-refractivity contribution in [2.45, 2.75) is 79.2 Å². The average molecular weight is 265 g/mol. The van der Waals surface area contributed by atoms with Gasteiger partial charge in [-0.2, -0.15) is 0 Å². The van der Waals surface area contributed by atoms with E-state index in [1.165, 1.54) is 25.7 Å². The van der Waals surface area contributed by atoms with Gasteiger partial charge in [0.25, 0.3) is 0 Å². The average Bonchev–Trinajstić information content (AvgIpc) is 2.54. The number of likely N-dealkylation sites (tertiary alicyclic amines) is 1. The van der Waals surface area contributed by atoms with Crippen molar-refractivity contribution in [3.05, 3.63) is 0 Å². The van der Waals surface area contributed by atoms with Gasteiger partial charge < -0.3 is 4.90 Å². The molecule has 1 heterocycles. The van der Waals surface area contributed by atoms with Crippen molar-refractivity contribution in [3.8, 4) is 0 Å². The summed E-state index contributed by atoms with van der Waals surface area (Å²) in [6.07, 6.45) is 5.88. The predicted molar refractivity (Wildman–Crippen MR) is 79.9 cm³/mol. The lowest BCUT2D eigenvalue weighted by Gasteiger charge is -2.42. The molecule has 0 radical (unpaired) electrons. The van der Waals surface area contributed by atoms with E-state index in [9.17, 15) is 4.79 Å². The van der Waals surface area contributed by atoms with E-state index in [2.05, 4.69) is 46.4 Å². The minimum atomic E-state index is -0.0124. The second-order valence-electron chi connectivity index (χ2n) is 8.97. The molecule has 1 aliphatic carbocycles. The van der Waals surface area contributed by atoms with E-state index in [1.54, 1.807) is 0 Å². The summed E-state index contributed by atoms with van der Waals surface area (Å²) in [6.45, 7) is 14.5. The Hall–Kier alpha value is -0.530. The summed E-state index contributed by atoms with van der Waals surface area (Å²) in [4.78, 5) is 14.4. The summed E-state index contributed by atoms with van der Waals surface area (Å²) >= 11 is 0. The fourth-order valence-corrected chi connectivity index (χ4v) is 3.94. The maximum Gasteiger partial charge on any atom is 0.223 e. The first kappa shape index (κ1) is 14.9. The zero-order chi connectivity index (χ0) is 14.5. The molecule has 2 nitrogen and oxygen atoms in total. The number of carbonyl (C=O) groups excluding carboxylic acids is 1. The summed E-state index contributed by atoms with van der Waals surface area (Å²) < 4.78 is 0. The highest BCUT2D eigenvalue weighted by Crippen LogP contribution is 2.50. The second-order valence-corrected chi connectivity index (χ2v) is 8.97. The predicted octanol–water partition coefficient (Wildman–Crippen LogP) is 4.24. The monoisotopic (exact) mass is 265 g/mol. The quantitative estimate of drug-likeness (QED) is 0.641. The minimum Gasteiger partial charge on any atom is -0.337 e. The SMILES string of the molecule is CC(C)(C)C1CCC2(CC1)CC(=O)N(C(C)(C)C)C2. The molecule has 2 aliphatic rings. The standard InChI is InChI=1S/C17H31NO/c1-15(2,3)13-7-9-17(10-8-13)11-14(19)18(12-17)16(4,5)6/h13H,7-12H2,1-6H3. The number of rotatable bonds is 0. The van der Waals surface area contributed by atoms with Crippen LogP contribution in [-0.4, -0.2) is 22.9 Å². The molecule has 1 spiro atoms. The highest BCUT2D eigenvalue weighted by Gasteiger charge is 2.48. The Balaban J connectivity index is 2.03. The molecule has 1 amide bonds. The number of hydrogen-bond acceptors (Lipinski definition) is 1. The van der Waals surface area contributed by atoms with E-state index in [0.29, 0.717) is 16.7 Å². The van der Waals surface area contributed by atoms with Crippen LogP contribution in [0.1, 0.15) is 73.6 Å². The van der Waals surface area contributed by atoms with Gasteiger partial charge in [-0.25, -0.2) is 0 Å². The van der Waals surface area contributed by atoms with E-state index in [0.717, 1.165) is 18.9 Å². The van der Waals surface area contributed by atoms with Gasteiger partial charge in [-0.15, -0.1) is 0 Å². The molecule has 1 saturated heterocycles. The highest BCUT2D eigenvalue weighted by atomic mass is 16.2. The molecule has 2 fully saturated rings. The largest absolute Gasteiger partial charge is 0.337 e. The molecule has 2 heteroatoms. The third kappa shape index (κ3) is 2.98. The molecule has 2 rings (SSSR count). The van der Waals surface area contributed by atoms with Gasteiger partial charge in [-0.3, -0.25) is 4.79 Å². The molecule has 0 aromatic heterocycles. The third-order valence-electron chi connectivity index (χ3n) is 5.40. The van der Waals surface area contributed by atoms with Crippen LogP contribution in [0, 0.1) is 16.7 Å². The lowest BCUT2D eigenvalue weighted by Crippen LogP contribution is -2.44. The molecule has 0 aromatic carbocycles. The molecule has 19 heavy (non-hydrogen) atoms. The summed E-state index contributed by atoms with van der Waals surface area (Å²) in [5, 5.41) is 0. The van der Waals surface area contributed by atoms with Crippen LogP contribution in [0.25, 0.3) is 0 Å². The molecule has 0 bridgehead atoms. The Labute approximate surface area is 118 Å². The fraction of sp³-hybridized carbons (Fsp3) is 0.941. The van der Waals surface area contributed by atoms with Crippen LogP contribution in [0.3, 0.4) is 0 Å². The third-order valence-corrected chi connectivity index (χ3v) is 5.40. The van der Waals surface area contributed by atoms with Crippen molar-refractivity contribution in [3.63, 3.8) is 0 Å². The molecular weight excluding hydrogens is 234 g/mol. The van der Waals surface area contributed by atoms with Crippen LogP contribution in [0.15, 0.2) is 0 Å². The topological polar surface area (TPSA) is 20.3 Å². The van der Waals surface area contributed by atoms with Crippen molar-refractivity contribution in [2.75, 3.05) is 6.54 Å². The fourth-order valence-electron chi connectivity index (χ4n) is 3.94. The Kier molecular flexibility index (Phi) is 3.52. The second kappa shape index (κ2) is 4.49. The van der Waals surface area contributed by atoms with E-state index in [-0.39, 0.29) is 5.54 Å². The summed E-state index contributed by atoms with van der Waals surface area (Å²) in [5.41, 5.74) is 0.710. The molecule has 0 atom stereocenters. The molecule has 0 unspecified atom stereocenters. The molecule has 1 aliphatic heterocycles. The summed E-state index contributed by atoms with van der Waals surface area (Å²) in [6, 6.07) is 0. The lowest BCUT2D eigenvalue weighted by atomic mass is 9.64. The smallest absolute Gasteiger partial charge is 0.223 e.